The average molecular weight is 361 g/mol. The van der Waals surface area contributed by atoms with E-state index in [2.05, 4.69) is 4.74 Å². The fourth-order valence-corrected chi connectivity index (χ4v) is 2.72. The number of ether oxygens (including phenoxy) is 2. The van der Waals surface area contributed by atoms with Gasteiger partial charge in [-0.05, 0) is 57.2 Å². The number of carbonyl (C=O) groups is 1. The third kappa shape index (κ3) is 5.72. The first-order valence-corrected chi connectivity index (χ1v) is 8.01. The van der Waals surface area contributed by atoms with Gasteiger partial charge in [-0.1, -0.05) is 6.07 Å². The number of hydrogen-bond donors (Lipinski definition) is 1. The number of carbonyl (C=O) groups excluding carboxylic acids is 1. The summed E-state index contributed by atoms with van der Waals surface area (Å²) in [5, 5.41) is 9.74. The number of alkyl halides is 3. The Bertz CT molecular complexity index is 617. The molecule has 5 nitrogen and oxygen atoms in total. The van der Waals surface area contributed by atoms with Crippen molar-refractivity contribution in [1.29, 1.82) is 0 Å². The van der Waals surface area contributed by atoms with Gasteiger partial charge < -0.3 is 19.5 Å². The molecule has 1 heterocycles. The standard InChI is InChI=1S/C17H22F3NO4/c1-16(2,3)25-15(23)21-8-6-11(7-9-21)12-4-5-14(13(22)10-12)24-17(18,19)20/h4-5,10-11,22H,6-9H2,1-3H3. The largest absolute Gasteiger partial charge is 0.573 e. The van der Waals surface area contributed by atoms with E-state index in [-0.39, 0.29) is 12.0 Å². The van der Waals surface area contributed by atoms with Crippen molar-refractivity contribution in [2.24, 2.45) is 0 Å². The molecule has 0 spiro atoms. The number of aromatic hydroxyl groups is 1. The molecule has 2 rings (SSSR count). The summed E-state index contributed by atoms with van der Waals surface area (Å²) in [6, 6.07) is 3.90. The Labute approximate surface area is 144 Å². The first-order chi connectivity index (χ1) is 11.4. The van der Waals surface area contributed by atoms with Crippen molar-refractivity contribution in [3.8, 4) is 11.5 Å². The van der Waals surface area contributed by atoms with Crippen molar-refractivity contribution in [2.45, 2.75) is 51.5 Å². The Morgan fingerprint density at radius 1 is 1.20 bits per heavy atom. The van der Waals surface area contributed by atoms with Gasteiger partial charge in [0.2, 0.25) is 0 Å². The Morgan fingerprint density at radius 2 is 1.80 bits per heavy atom. The van der Waals surface area contributed by atoms with Crippen LogP contribution < -0.4 is 4.74 Å². The van der Waals surface area contributed by atoms with Crippen LogP contribution in [-0.4, -0.2) is 41.2 Å². The third-order valence-corrected chi connectivity index (χ3v) is 3.83. The van der Waals surface area contributed by atoms with Gasteiger partial charge in [-0.15, -0.1) is 13.2 Å². The minimum atomic E-state index is -4.85. The minimum Gasteiger partial charge on any atom is -0.504 e. The second kappa shape index (κ2) is 7.01. The van der Waals surface area contributed by atoms with E-state index in [0.29, 0.717) is 25.9 Å². The molecule has 8 heteroatoms. The van der Waals surface area contributed by atoms with Crippen LogP contribution in [0.25, 0.3) is 0 Å². The highest BCUT2D eigenvalue weighted by Gasteiger charge is 2.33. The zero-order valence-corrected chi connectivity index (χ0v) is 14.4. The number of nitrogens with zero attached hydrogens (tertiary/aromatic N) is 1. The average Bonchev–Trinajstić information content (AvgIpc) is 2.46. The molecule has 1 aliphatic heterocycles. The predicted molar refractivity (Wildman–Crippen MR) is 84.6 cm³/mol. The molecule has 140 valence electrons. The van der Waals surface area contributed by atoms with Gasteiger partial charge in [0.1, 0.15) is 5.60 Å². The number of likely N-dealkylation sites (tertiary alicyclic amines) is 1. The molecule has 0 bridgehead atoms. The number of benzene rings is 1. The van der Waals surface area contributed by atoms with Crippen LogP contribution in [0, 0.1) is 0 Å². The van der Waals surface area contributed by atoms with Gasteiger partial charge in [-0.2, -0.15) is 0 Å². The summed E-state index contributed by atoms with van der Waals surface area (Å²) >= 11 is 0. The fraction of sp³-hybridized carbons (Fsp3) is 0.588. The number of halogens is 3. The van der Waals surface area contributed by atoms with Crippen molar-refractivity contribution in [3.63, 3.8) is 0 Å². The molecule has 25 heavy (non-hydrogen) atoms. The van der Waals surface area contributed by atoms with Crippen LogP contribution in [0.2, 0.25) is 0 Å². The summed E-state index contributed by atoms with van der Waals surface area (Å²) < 4.78 is 45.8. The summed E-state index contributed by atoms with van der Waals surface area (Å²) in [4.78, 5) is 13.6. The predicted octanol–water partition coefficient (Wildman–Crippen LogP) is 4.41. The molecule has 0 unspecified atom stereocenters. The van der Waals surface area contributed by atoms with Crippen LogP contribution in [0.3, 0.4) is 0 Å². The van der Waals surface area contributed by atoms with Crippen LogP contribution in [0.1, 0.15) is 45.1 Å². The molecule has 1 N–H and O–H groups in total. The van der Waals surface area contributed by atoms with Crippen molar-refractivity contribution >= 4 is 6.09 Å². The molecule has 0 atom stereocenters. The first kappa shape index (κ1) is 19.2. The number of amides is 1. The molecular weight excluding hydrogens is 339 g/mol. The molecule has 1 aromatic rings. The number of piperidine rings is 1. The summed E-state index contributed by atoms with van der Waals surface area (Å²) in [5.41, 5.74) is 0.157. The van der Waals surface area contributed by atoms with E-state index in [1.54, 1.807) is 25.7 Å². The SMILES string of the molecule is CC(C)(C)OC(=O)N1CCC(c2ccc(OC(F)(F)F)c(O)c2)CC1. The maximum Gasteiger partial charge on any atom is 0.573 e. The molecule has 1 fully saturated rings. The van der Waals surface area contributed by atoms with Gasteiger partial charge >= 0.3 is 12.5 Å². The van der Waals surface area contributed by atoms with Gasteiger partial charge in [0.05, 0.1) is 0 Å². The maximum atomic E-state index is 12.2. The monoisotopic (exact) mass is 361 g/mol. The van der Waals surface area contributed by atoms with Crippen LogP contribution in [-0.2, 0) is 4.74 Å². The van der Waals surface area contributed by atoms with Crippen LogP contribution in [0.4, 0.5) is 18.0 Å². The fourth-order valence-electron chi connectivity index (χ4n) is 2.72. The van der Waals surface area contributed by atoms with E-state index >= 15 is 0 Å². The van der Waals surface area contributed by atoms with E-state index in [4.69, 9.17) is 4.74 Å². The highest BCUT2D eigenvalue weighted by Crippen LogP contribution is 2.36. The molecule has 0 saturated carbocycles. The van der Waals surface area contributed by atoms with Gasteiger partial charge in [0, 0.05) is 13.1 Å². The molecule has 0 aliphatic carbocycles. The molecule has 1 saturated heterocycles. The molecule has 1 amide bonds. The number of phenolic OH excluding ortho intramolecular Hbond substituents is 1. The summed E-state index contributed by atoms with van der Waals surface area (Å²) in [7, 11) is 0. The summed E-state index contributed by atoms with van der Waals surface area (Å²) in [6.07, 6.45) is -3.95. The van der Waals surface area contributed by atoms with Crippen molar-refractivity contribution in [2.75, 3.05) is 13.1 Å². The number of phenols is 1. The van der Waals surface area contributed by atoms with Gasteiger partial charge in [0.15, 0.2) is 11.5 Å². The smallest absolute Gasteiger partial charge is 0.504 e. The van der Waals surface area contributed by atoms with Gasteiger partial charge in [0.25, 0.3) is 0 Å². The lowest BCUT2D eigenvalue weighted by atomic mass is 9.89. The van der Waals surface area contributed by atoms with E-state index in [9.17, 15) is 23.1 Å². The molecular formula is C17H22F3NO4. The molecule has 0 aromatic heterocycles. The second-order valence-electron chi connectivity index (χ2n) is 7.02. The van der Waals surface area contributed by atoms with Crippen LogP contribution >= 0.6 is 0 Å². The zero-order valence-electron chi connectivity index (χ0n) is 14.4. The van der Waals surface area contributed by atoms with E-state index in [1.165, 1.54) is 12.1 Å². The van der Waals surface area contributed by atoms with Crippen molar-refractivity contribution in [1.82, 2.24) is 4.90 Å². The van der Waals surface area contributed by atoms with E-state index in [0.717, 1.165) is 11.6 Å². The van der Waals surface area contributed by atoms with E-state index in [1.807, 2.05) is 0 Å². The zero-order chi connectivity index (χ0) is 18.8. The summed E-state index contributed by atoms with van der Waals surface area (Å²) in [5.74, 6) is -1.13. The highest BCUT2D eigenvalue weighted by molar-refractivity contribution is 5.68. The lowest BCUT2D eigenvalue weighted by Gasteiger charge is -2.33. The van der Waals surface area contributed by atoms with E-state index < -0.39 is 23.5 Å². The maximum absolute atomic E-state index is 12.2. The second-order valence-corrected chi connectivity index (χ2v) is 7.02. The number of hydrogen-bond acceptors (Lipinski definition) is 4. The Kier molecular flexibility index (Phi) is 5.39. The normalized spacial score (nSPS) is 16.6. The Hall–Kier alpha value is -2.12. The van der Waals surface area contributed by atoms with Gasteiger partial charge in [-0.3, -0.25) is 0 Å². The first-order valence-electron chi connectivity index (χ1n) is 8.01. The minimum absolute atomic E-state index is 0.0459. The molecule has 0 radical (unpaired) electrons. The van der Waals surface area contributed by atoms with Crippen molar-refractivity contribution in [3.05, 3.63) is 23.8 Å². The number of rotatable bonds is 2. The van der Waals surface area contributed by atoms with Crippen LogP contribution in [0.5, 0.6) is 11.5 Å². The quantitative estimate of drug-likeness (QED) is 0.848. The lowest BCUT2D eigenvalue weighted by molar-refractivity contribution is -0.275. The molecule has 1 aliphatic rings. The Morgan fingerprint density at radius 3 is 2.28 bits per heavy atom. The van der Waals surface area contributed by atoms with Crippen LogP contribution in [0.15, 0.2) is 18.2 Å². The molecule has 1 aromatic carbocycles. The van der Waals surface area contributed by atoms with Gasteiger partial charge in [-0.25, -0.2) is 4.79 Å². The summed E-state index contributed by atoms with van der Waals surface area (Å²) in [6.45, 7) is 6.36. The highest BCUT2D eigenvalue weighted by atomic mass is 19.4. The Balaban J connectivity index is 1.97. The topological polar surface area (TPSA) is 59.0 Å². The third-order valence-electron chi connectivity index (χ3n) is 3.83. The van der Waals surface area contributed by atoms with Crippen molar-refractivity contribution < 1.29 is 32.5 Å². The lowest BCUT2D eigenvalue weighted by Crippen LogP contribution is -2.41.